The van der Waals surface area contributed by atoms with Gasteiger partial charge in [0.25, 0.3) is 0 Å². The number of benzene rings is 3. The van der Waals surface area contributed by atoms with Crippen LogP contribution in [0.1, 0.15) is 35.7 Å². The molecule has 190 valence electrons. The molecule has 1 aliphatic carbocycles. The number of aromatic nitrogens is 1. The van der Waals surface area contributed by atoms with Crippen molar-refractivity contribution in [3.05, 3.63) is 107 Å². The molecule has 6 heteroatoms. The SMILES string of the molecule is CC1(C(=O)N(CCc2ccc(F)cc2)Cc2ccccc2)CCc2c(c3ccccc3n2CC(=O)O)C1. The molecule has 1 atom stereocenters. The fourth-order valence-electron chi connectivity index (χ4n) is 5.64. The molecule has 1 unspecified atom stereocenters. The minimum Gasteiger partial charge on any atom is -0.480 e. The third-order valence-electron chi connectivity index (χ3n) is 7.57. The van der Waals surface area contributed by atoms with Crippen LogP contribution in [0.3, 0.4) is 0 Å². The van der Waals surface area contributed by atoms with E-state index in [1.54, 1.807) is 12.1 Å². The summed E-state index contributed by atoms with van der Waals surface area (Å²) in [5.41, 5.74) is 4.45. The highest BCUT2D eigenvalue weighted by molar-refractivity contribution is 5.90. The zero-order valence-corrected chi connectivity index (χ0v) is 21.0. The summed E-state index contributed by atoms with van der Waals surface area (Å²) in [5, 5.41) is 10.5. The Kier molecular flexibility index (Phi) is 6.83. The molecule has 1 amide bonds. The lowest BCUT2D eigenvalue weighted by molar-refractivity contribution is -0.143. The van der Waals surface area contributed by atoms with Crippen LogP contribution in [-0.4, -0.2) is 33.0 Å². The highest BCUT2D eigenvalue weighted by atomic mass is 19.1. The molecule has 5 nitrogen and oxygen atoms in total. The van der Waals surface area contributed by atoms with Gasteiger partial charge in [0, 0.05) is 29.7 Å². The summed E-state index contributed by atoms with van der Waals surface area (Å²) >= 11 is 0. The van der Waals surface area contributed by atoms with Gasteiger partial charge in [-0.3, -0.25) is 9.59 Å². The molecular formula is C31H31FN2O3. The maximum Gasteiger partial charge on any atom is 0.323 e. The molecule has 0 radical (unpaired) electrons. The number of carbonyl (C=O) groups is 2. The second-order valence-electron chi connectivity index (χ2n) is 10.2. The highest BCUT2D eigenvalue weighted by Crippen LogP contribution is 2.41. The average molecular weight is 499 g/mol. The fourth-order valence-corrected chi connectivity index (χ4v) is 5.64. The number of halogens is 1. The van der Waals surface area contributed by atoms with Crippen LogP contribution in [0.25, 0.3) is 10.9 Å². The van der Waals surface area contributed by atoms with Crippen LogP contribution in [0.2, 0.25) is 0 Å². The standard InChI is InChI=1S/C31H31FN2O3/c1-31(17-15-28-26(19-31)25-9-5-6-10-27(25)34(28)21-29(35)36)30(37)33(20-23-7-3-2-4-8-23)18-16-22-11-13-24(32)14-12-22/h2-14H,15-21H2,1H3,(H,35,36). The normalized spacial score (nSPS) is 16.9. The van der Waals surface area contributed by atoms with Crippen molar-refractivity contribution < 1.29 is 19.1 Å². The number of rotatable bonds is 8. The fraction of sp³-hybridized carbons (Fsp3) is 0.290. The van der Waals surface area contributed by atoms with Gasteiger partial charge in [0.1, 0.15) is 12.4 Å². The van der Waals surface area contributed by atoms with Gasteiger partial charge < -0.3 is 14.6 Å². The molecule has 1 N–H and O–H groups in total. The summed E-state index contributed by atoms with van der Waals surface area (Å²) in [4.78, 5) is 27.7. The Morgan fingerprint density at radius 3 is 2.41 bits per heavy atom. The van der Waals surface area contributed by atoms with Crippen molar-refractivity contribution in [2.24, 2.45) is 5.41 Å². The Balaban J connectivity index is 1.45. The lowest BCUT2D eigenvalue weighted by Gasteiger charge is -2.38. The number of hydrogen-bond acceptors (Lipinski definition) is 2. The quantitative estimate of drug-likeness (QED) is 0.342. The third-order valence-corrected chi connectivity index (χ3v) is 7.57. The predicted molar refractivity (Wildman–Crippen MR) is 142 cm³/mol. The van der Waals surface area contributed by atoms with Crippen LogP contribution in [-0.2, 0) is 41.9 Å². The van der Waals surface area contributed by atoms with Gasteiger partial charge in [-0.1, -0.05) is 67.6 Å². The summed E-state index contributed by atoms with van der Waals surface area (Å²) < 4.78 is 15.3. The summed E-state index contributed by atoms with van der Waals surface area (Å²) in [5.74, 6) is -1.05. The number of fused-ring (bicyclic) bond motifs is 3. The first-order valence-corrected chi connectivity index (χ1v) is 12.7. The van der Waals surface area contributed by atoms with E-state index in [1.165, 1.54) is 12.1 Å². The van der Waals surface area contributed by atoms with E-state index in [2.05, 4.69) is 0 Å². The average Bonchev–Trinajstić information content (AvgIpc) is 3.19. The second kappa shape index (κ2) is 10.2. The number of carboxylic acid groups (broad SMARTS) is 1. The third kappa shape index (κ3) is 5.15. The molecule has 5 rings (SSSR count). The first-order valence-electron chi connectivity index (χ1n) is 12.7. The molecule has 37 heavy (non-hydrogen) atoms. The molecule has 0 aliphatic heterocycles. The van der Waals surface area contributed by atoms with Crippen molar-refractivity contribution >= 4 is 22.8 Å². The zero-order chi connectivity index (χ0) is 26.0. The van der Waals surface area contributed by atoms with E-state index >= 15 is 0 Å². The zero-order valence-electron chi connectivity index (χ0n) is 21.0. The second-order valence-corrected chi connectivity index (χ2v) is 10.2. The Bertz CT molecular complexity index is 1430. The Morgan fingerprint density at radius 1 is 0.973 bits per heavy atom. The van der Waals surface area contributed by atoms with E-state index in [9.17, 15) is 19.1 Å². The summed E-state index contributed by atoms with van der Waals surface area (Å²) in [6.45, 7) is 2.99. The van der Waals surface area contributed by atoms with Crippen LogP contribution in [0.15, 0.2) is 78.9 Å². The molecule has 1 aliphatic rings. The maximum atomic E-state index is 14.2. The van der Waals surface area contributed by atoms with Gasteiger partial charge in [-0.15, -0.1) is 0 Å². The van der Waals surface area contributed by atoms with Crippen molar-refractivity contribution in [3.63, 3.8) is 0 Å². The van der Waals surface area contributed by atoms with Gasteiger partial charge >= 0.3 is 5.97 Å². The van der Waals surface area contributed by atoms with Crippen LogP contribution >= 0.6 is 0 Å². The van der Waals surface area contributed by atoms with Crippen molar-refractivity contribution in [2.45, 2.75) is 45.7 Å². The van der Waals surface area contributed by atoms with Crippen LogP contribution in [0.5, 0.6) is 0 Å². The molecule has 0 saturated carbocycles. The van der Waals surface area contributed by atoms with Gasteiger partial charge in [-0.25, -0.2) is 4.39 Å². The molecular weight excluding hydrogens is 467 g/mol. The van der Waals surface area contributed by atoms with E-state index in [0.29, 0.717) is 38.8 Å². The molecule has 3 aromatic carbocycles. The largest absolute Gasteiger partial charge is 0.480 e. The minimum absolute atomic E-state index is 0.0850. The van der Waals surface area contributed by atoms with Gasteiger partial charge in [0.2, 0.25) is 5.91 Å². The van der Waals surface area contributed by atoms with Crippen molar-refractivity contribution in [2.75, 3.05) is 6.54 Å². The predicted octanol–water partition coefficient (Wildman–Crippen LogP) is 5.63. The Labute approximate surface area is 216 Å². The van der Waals surface area contributed by atoms with Crippen molar-refractivity contribution in [1.29, 1.82) is 0 Å². The van der Waals surface area contributed by atoms with Gasteiger partial charge in [0.05, 0.1) is 5.41 Å². The molecule has 1 aromatic heterocycles. The Hall–Kier alpha value is -3.93. The number of para-hydroxylation sites is 1. The molecule has 0 spiro atoms. The molecule has 0 saturated heterocycles. The number of carboxylic acids is 1. The number of aliphatic carboxylic acids is 1. The van der Waals surface area contributed by atoms with E-state index in [0.717, 1.165) is 33.3 Å². The molecule has 1 heterocycles. The van der Waals surface area contributed by atoms with E-state index in [-0.39, 0.29) is 18.3 Å². The van der Waals surface area contributed by atoms with Gasteiger partial charge in [-0.05, 0) is 60.6 Å². The smallest absolute Gasteiger partial charge is 0.323 e. The summed E-state index contributed by atoms with van der Waals surface area (Å²) in [6, 6.07) is 24.3. The van der Waals surface area contributed by atoms with Crippen molar-refractivity contribution in [3.8, 4) is 0 Å². The van der Waals surface area contributed by atoms with Gasteiger partial charge in [-0.2, -0.15) is 0 Å². The maximum absolute atomic E-state index is 14.2. The van der Waals surface area contributed by atoms with Crippen LogP contribution in [0.4, 0.5) is 4.39 Å². The summed E-state index contributed by atoms with van der Waals surface area (Å²) in [7, 11) is 0. The van der Waals surface area contributed by atoms with Crippen LogP contribution in [0, 0.1) is 11.2 Å². The number of carbonyl (C=O) groups excluding carboxylic acids is 1. The topological polar surface area (TPSA) is 62.5 Å². The van der Waals surface area contributed by atoms with E-state index < -0.39 is 11.4 Å². The lowest BCUT2D eigenvalue weighted by Crippen LogP contribution is -2.46. The van der Waals surface area contributed by atoms with Crippen molar-refractivity contribution in [1.82, 2.24) is 9.47 Å². The number of amides is 1. The lowest BCUT2D eigenvalue weighted by atomic mass is 9.73. The van der Waals surface area contributed by atoms with Gasteiger partial charge in [0.15, 0.2) is 0 Å². The van der Waals surface area contributed by atoms with Crippen LogP contribution < -0.4 is 0 Å². The van der Waals surface area contributed by atoms with E-state index in [4.69, 9.17) is 0 Å². The summed E-state index contributed by atoms with van der Waals surface area (Å²) in [6.07, 6.45) is 2.50. The first-order chi connectivity index (χ1) is 17.8. The Morgan fingerprint density at radius 2 is 1.68 bits per heavy atom. The first kappa shape index (κ1) is 24.8. The minimum atomic E-state index is -0.872. The molecule has 0 bridgehead atoms. The number of hydrogen-bond donors (Lipinski definition) is 1. The highest BCUT2D eigenvalue weighted by Gasteiger charge is 2.41. The number of nitrogens with zero attached hydrogens (tertiary/aromatic N) is 2. The molecule has 4 aromatic rings. The van der Waals surface area contributed by atoms with E-state index in [1.807, 2.05) is 71.0 Å². The molecule has 0 fully saturated rings. The monoisotopic (exact) mass is 498 g/mol.